The summed E-state index contributed by atoms with van der Waals surface area (Å²) in [5.74, 6) is 2.70. The van der Waals surface area contributed by atoms with Gasteiger partial charge in [0.2, 0.25) is 0 Å². The fraction of sp³-hybridized carbons (Fsp3) is 0.692. The Morgan fingerprint density at radius 1 is 1.47 bits per heavy atom. The van der Waals surface area contributed by atoms with Crippen molar-refractivity contribution in [3.63, 3.8) is 0 Å². The van der Waals surface area contributed by atoms with Crippen LogP contribution in [0.2, 0.25) is 0 Å². The molecule has 1 unspecified atom stereocenters. The van der Waals surface area contributed by atoms with Crippen molar-refractivity contribution >= 4 is 11.5 Å². The molecule has 4 heteroatoms. The SMILES string of the molecule is C#CCCC(NCC)c1snnc1C(C)(C)C. The fourth-order valence-electron chi connectivity index (χ4n) is 1.75. The summed E-state index contributed by atoms with van der Waals surface area (Å²) < 4.78 is 4.10. The zero-order chi connectivity index (χ0) is 12.9. The predicted molar refractivity (Wildman–Crippen MR) is 73.1 cm³/mol. The number of nitrogens with zero attached hydrogens (tertiary/aromatic N) is 2. The highest BCUT2D eigenvalue weighted by atomic mass is 32.1. The molecule has 0 saturated heterocycles. The van der Waals surface area contributed by atoms with Crippen molar-refractivity contribution in [3.05, 3.63) is 10.6 Å². The van der Waals surface area contributed by atoms with Crippen LogP contribution in [0.1, 0.15) is 57.1 Å². The van der Waals surface area contributed by atoms with Crippen LogP contribution in [0.5, 0.6) is 0 Å². The molecule has 1 N–H and O–H groups in total. The quantitative estimate of drug-likeness (QED) is 0.818. The molecule has 1 heterocycles. The maximum absolute atomic E-state index is 5.34. The first-order valence-electron chi connectivity index (χ1n) is 6.00. The van der Waals surface area contributed by atoms with Crippen molar-refractivity contribution in [2.75, 3.05) is 6.54 Å². The highest BCUT2D eigenvalue weighted by Crippen LogP contribution is 2.32. The standard InChI is InChI=1S/C13H21N3S/c1-6-8-9-10(14-7-2)11-12(13(3,4)5)15-16-17-11/h1,10,14H,7-9H2,2-5H3. The van der Waals surface area contributed by atoms with E-state index in [0.29, 0.717) is 0 Å². The van der Waals surface area contributed by atoms with Crippen molar-refractivity contribution in [1.29, 1.82) is 0 Å². The van der Waals surface area contributed by atoms with E-state index in [1.54, 1.807) is 0 Å². The molecule has 1 atom stereocenters. The topological polar surface area (TPSA) is 37.8 Å². The second kappa shape index (κ2) is 6.13. The van der Waals surface area contributed by atoms with Gasteiger partial charge in [-0.05, 0) is 24.5 Å². The van der Waals surface area contributed by atoms with E-state index < -0.39 is 0 Å². The van der Waals surface area contributed by atoms with Crippen LogP contribution in [0.3, 0.4) is 0 Å². The van der Waals surface area contributed by atoms with Gasteiger partial charge < -0.3 is 5.32 Å². The van der Waals surface area contributed by atoms with Crippen LogP contribution in [0.15, 0.2) is 0 Å². The molecule has 0 amide bonds. The lowest BCUT2D eigenvalue weighted by Crippen LogP contribution is -2.24. The van der Waals surface area contributed by atoms with Crippen LogP contribution in [0.25, 0.3) is 0 Å². The molecular formula is C13H21N3S. The Balaban J connectivity index is 2.94. The van der Waals surface area contributed by atoms with Crippen LogP contribution < -0.4 is 5.32 Å². The van der Waals surface area contributed by atoms with Gasteiger partial charge in [-0.1, -0.05) is 32.2 Å². The molecule has 0 radical (unpaired) electrons. The van der Waals surface area contributed by atoms with Crippen LogP contribution >= 0.6 is 11.5 Å². The highest BCUT2D eigenvalue weighted by molar-refractivity contribution is 7.05. The normalized spacial score (nSPS) is 13.4. The van der Waals surface area contributed by atoms with E-state index in [1.807, 2.05) is 0 Å². The number of aromatic nitrogens is 2. The average molecular weight is 251 g/mol. The van der Waals surface area contributed by atoms with Crippen molar-refractivity contribution < 1.29 is 0 Å². The second-order valence-corrected chi connectivity index (χ2v) is 5.87. The molecule has 0 aromatic carbocycles. The van der Waals surface area contributed by atoms with E-state index in [9.17, 15) is 0 Å². The molecule has 1 aromatic heterocycles. The third-order valence-corrected chi connectivity index (χ3v) is 3.41. The summed E-state index contributed by atoms with van der Waals surface area (Å²) in [7, 11) is 0. The van der Waals surface area contributed by atoms with Gasteiger partial charge in [-0.25, -0.2) is 0 Å². The molecule has 0 spiro atoms. The molecule has 0 aliphatic carbocycles. The number of rotatable bonds is 5. The Kier molecular flexibility index (Phi) is 5.10. The third-order valence-electron chi connectivity index (χ3n) is 2.57. The van der Waals surface area contributed by atoms with Gasteiger partial charge in [0, 0.05) is 17.9 Å². The zero-order valence-electron chi connectivity index (χ0n) is 11.1. The third kappa shape index (κ3) is 3.79. The first kappa shape index (κ1) is 14.1. The average Bonchev–Trinajstić information content (AvgIpc) is 2.72. The van der Waals surface area contributed by atoms with Gasteiger partial charge >= 0.3 is 0 Å². The first-order chi connectivity index (χ1) is 8.00. The minimum atomic E-state index is 0.0339. The van der Waals surface area contributed by atoms with Crippen molar-refractivity contribution in [1.82, 2.24) is 14.9 Å². The molecule has 0 saturated carbocycles. The highest BCUT2D eigenvalue weighted by Gasteiger charge is 2.26. The van der Waals surface area contributed by atoms with Crippen molar-refractivity contribution in [2.45, 2.75) is 52.0 Å². The van der Waals surface area contributed by atoms with Crippen LogP contribution in [0.4, 0.5) is 0 Å². The monoisotopic (exact) mass is 251 g/mol. The zero-order valence-corrected chi connectivity index (χ0v) is 11.9. The molecule has 0 aliphatic heterocycles. The summed E-state index contributed by atoms with van der Waals surface area (Å²) >= 11 is 1.48. The Morgan fingerprint density at radius 2 is 2.18 bits per heavy atom. The van der Waals surface area contributed by atoms with E-state index in [-0.39, 0.29) is 11.5 Å². The smallest absolute Gasteiger partial charge is 0.0857 e. The van der Waals surface area contributed by atoms with Gasteiger partial charge in [-0.3, -0.25) is 0 Å². The lowest BCUT2D eigenvalue weighted by molar-refractivity contribution is 0.499. The largest absolute Gasteiger partial charge is 0.309 e. The summed E-state index contributed by atoms with van der Waals surface area (Å²) in [4.78, 5) is 1.23. The summed E-state index contributed by atoms with van der Waals surface area (Å²) in [6, 6.07) is 0.283. The maximum atomic E-state index is 5.34. The second-order valence-electron chi connectivity index (χ2n) is 5.09. The minimum Gasteiger partial charge on any atom is -0.309 e. The Bertz CT molecular complexity index is 384. The number of terminal acetylenes is 1. The molecule has 17 heavy (non-hydrogen) atoms. The number of hydrogen-bond acceptors (Lipinski definition) is 4. The Labute approximate surface area is 108 Å². The van der Waals surface area contributed by atoms with E-state index in [4.69, 9.17) is 6.42 Å². The lowest BCUT2D eigenvalue weighted by atomic mass is 9.89. The summed E-state index contributed by atoms with van der Waals surface area (Å²) in [6.45, 7) is 9.52. The summed E-state index contributed by atoms with van der Waals surface area (Å²) in [5, 5.41) is 7.74. The van der Waals surface area contributed by atoms with Gasteiger partial charge in [0.1, 0.15) is 0 Å². The minimum absolute atomic E-state index is 0.0339. The van der Waals surface area contributed by atoms with Crippen molar-refractivity contribution in [3.8, 4) is 12.3 Å². The van der Waals surface area contributed by atoms with E-state index in [0.717, 1.165) is 25.1 Å². The number of nitrogens with one attached hydrogen (secondary N) is 1. The van der Waals surface area contributed by atoms with Gasteiger partial charge in [-0.2, -0.15) is 0 Å². The summed E-state index contributed by atoms with van der Waals surface area (Å²) in [6.07, 6.45) is 7.06. The maximum Gasteiger partial charge on any atom is 0.0857 e. The molecular weight excluding hydrogens is 230 g/mol. The van der Waals surface area contributed by atoms with E-state index in [1.165, 1.54) is 16.4 Å². The van der Waals surface area contributed by atoms with E-state index in [2.05, 4.69) is 48.5 Å². The predicted octanol–water partition coefficient (Wildman–Crippen LogP) is 2.90. The fourth-order valence-corrected chi connectivity index (χ4v) is 2.72. The van der Waals surface area contributed by atoms with Gasteiger partial charge in [0.05, 0.1) is 10.6 Å². The van der Waals surface area contributed by atoms with Crippen molar-refractivity contribution in [2.24, 2.45) is 0 Å². The van der Waals surface area contributed by atoms with Gasteiger partial charge in [-0.15, -0.1) is 17.4 Å². The Morgan fingerprint density at radius 3 is 2.71 bits per heavy atom. The molecule has 1 aromatic rings. The summed E-state index contributed by atoms with van der Waals surface area (Å²) in [5.41, 5.74) is 1.12. The lowest BCUT2D eigenvalue weighted by Gasteiger charge is -2.21. The van der Waals surface area contributed by atoms with Crippen LogP contribution in [-0.4, -0.2) is 16.1 Å². The molecule has 0 bridgehead atoms. The first-order valence-corrected chi connectivity index (χ1v) is 6.77. The van der Waals surface area contributed by atoms with Gasteiger partial charge in [0.15, 0.2) is 0 Å². The van der Waals surface area contributed by atoms with Gasteiger partial charge in [0.25, 0.3) is 0 Å². The molecule has 94 valence electrons. The van der Waals surface area contributed by atoms with E-state index >= 15 is 0 Å². The number of hydrogen-bond donors (Lipinski definition) is 1. The molecule has 3 nitrogen and oxygen atoms in total. The Hall–Kier alpha value is -0.920. The van der Waals surface area contributed by atoms with Crippen LogP contribution in [-0.2, 0) is 5.41 Å². The molecule has 0 aliphatic rings. The molecule has 0 fully saturated rings. The van der Waals surface area contributed by atoms with Crippen LogP contribution in [0, 0.1) is 12.3 Å². The molecule has 1 rings (SSSR count).